The van der Waals surface area contributed by atoms with Gasteiger partial charge >= 0.3 is 5.97 Å². The van der Waals surface area contributed by atoms with Crippen LogP contribution in [0.4, 0.5) is 11.4 Å². The van der Waals surface area contributed by atoms with Gasteiger partial charge in [-0.25, -0.2) is 4.79 Å². The van der Waals surface area contributed by atoms with Gasteiger partial charge in [0.2, 0.25) is 0 Å². The topological polar surface area (TPSA) is 129 Å². The molecule has 1 aromatic carbocycles. The summed E-state index contributed by atoms with van der Waals surface area (Å²) in [7, 11) is 0. The number of ketones is 1. The number of esters is 1. The molecule has 34 heavy (non-hydrogen) atoms. The molecular weight excluding hydrogens is 436 g/mol. The molecule has 2 N–H and O–H groups in total. The maximum Gasteiger partial charge on any atom is 0.338 e. The summed E-state index contributed by atoms with van der Waals surface area (Å²) in [6.45, 7) is 5.84. The Labute approximate surface area is 197 Å². The first-order valence-electron chi connectivity index (χ1n) is 11.0. The van der Waals surface area contributed by atoms with Crippen LogP contribution in [-0.4, -0.2) is 28.3 Å². The van der Waals surface area contributed by atoms with E-state index in [4.69, 9.17) is 10.5 Å². The van der Waals surface area contributed by atoms with E-state index in [1.165, 1.54) is 12.1 Å². The number of Topliss-reactive ketones (excluding diaryl/α,β-unsaturated/α-hetero) is 1. The first-order valence-corrected chi connectivity index (χ1v) is 11.0. The summed E-state index contributed by atoms with van der Waals surface area (Å²) < 4.78 is 5.35. The van der Waals surface area contributed by atoms with E-state index in [1.54, 1.807) is 42.4 Å². The van der Waals surface area contributed by atoms with Crippen LogP contribution in [0.1, 0.15) is 45.1 Å². The van der Waals surface area contributed by atoms with E-state index in [2.05, 4.69) is 4.98 Å². The molecule has 2 heterocycles. The third-order valence-electron chi connectivity index (χ3n) is 6.09. The minimum absolute atomic E-state index is 0.0728. The van der Waals surface area contributed by atoms with Crippen molar-refractivity contribution in [1.82, 2.24) is 4.98 Å². The summed E-state index contributed by atoms with van der Waals surface area (Å²) in [5, 5.41) is 11.2. The van der Waals surface area contributed by atoms with Crippen LogP contribution in [-0.2, 0) is 14.3 Å². The van der Waals surface area contributed by atoms with Crippen molar-refractivity contribution in [1.29, 1.82) is 0 Å². The second-order valence-corrected chi connectivity index (χ2v) is 9.15. The number of anilines is 1. The molecule has 1 aliphatic carbocycles. The summed E-state index contributed by atoms with van der Waals surface area (Å²) in [4.78, 5) is 43.3. The van der Waals surface area contributed by atoms with Crippen LogP contribution in [0, 0.1) is 15.5 Å². The predicted molar refractivity (Wildman–Crippen MR) is 125 cm³/mol. The molecule has 2 aromatic rings. The second kappa shape index (κ2) is 8.74. The number of pyridine rings is 1. The fraction of sp³-hybridized carbons (Fsp3) is 0.320. The van der Waals surface area contributed by atoms with Gasteiger partial charge in [-0.15, -0.1) is 0 Å². The zero-order valence-corrected chi connectivity index (χ0v) is 19.3. The van der Waals surface area contributed by atoms with Crippen LogP contribution in [0.5, 0.6) is 0 Å². The van der Waals surface area contributed by atoms with Gasteiger partial charge in [0.15, 0.2) is 5.78 Å². The van der Waals surface area contributed by atoms with Crippen LogP contribution in [0.2, 0.25) is 0 Å². The number of carbonyl (C=O) groups is 2. The first kappa shape index (κ1) is 23.2. The largest absolute Gasteiger partial charge is 0.463 e. The molecule has 1 atom stereocenters. The van der Waals surface area contributed by atoms with Crippen molar-refractivity contribution in [3.8, 4) is 0 Å². The average molecular weight is 463 g/mol. The average Bonchev–Trinajstić information content (AvgIpc) is 2.78. The van der Waals surface area contributed by atoms with Gasteiger partial charge < -0.3 is 10.5 Å². The molecule has 1 aromatic heterocycles. The lowest BCUT2D eigenvalue weighted by molar-refractivity contribution is -0.384. The number of non-ortho nitro benzene ring substituents is 1. The lowest BCUT2D eigenvalue weighted by Gasteiger charge is -2.44. The number of hydrogen-bond donors (Lipinski definition) is 1. The standard InChI is InChI=1S/C25H26N4O5/c1-4-34-24(31)22-20(15-6-5-11-27-14-15)21-18(12-25(2,3)13-19(21)30)28(23(22)26)16-7-9-17(10-8-16)29(32)33/h5-11,14,20H,4,12-13,26H2,1-3H3/t20-/m1/s1. The Morgan fingerprint density at radius 3 is 2.56 bits per heavy atom. The van der Waals surface area contributed by atoms with Crippen molar-refractivity contribution in [3.63, 3.8) is 0 Å². The van der Waals surface area contributed by atoms with Crippen LogP contribution in [0.3, 0.4) is 0 Å². The number of rotatable bonds is 5. The third-order valence-corrected chi connectivity index (χ3v) is 6.09. The molecule has 0 saturated carbocycles. The third kappa shape index (κ3) is 4.05. The molecule has 176 valence electrons. The van der Waals surface area contributed by atoms with E-state index in [9.17, 15) is 19.7 Å². The molecule has 4 rings (SSSR count). The minimum Gasteiger partial charge on any atom is -0.463 e. The van der Waals surface area contributed by atoms with E-state index in [1.807, 2.05) is 19.9 Å². The van der Waals surface area contributed by atoms with Crippen molar-refractivity contribution in [2.45, 2.75) is 39.5 Å². The highest BCUT2D eigenvalue weighted by Gasteiger charge is 2.46. The van der Waals surface area contributed by atoms with Gasteiger partial charge in [0.05, 0.1) is 23.0 Å². The van der Waals surface area contributed by atoms with Crippen molar-refractivity contribution >= 4 is 23.1 Å². The SMILES string of the molecule is CCOC(=O)C1=C(N)N(c2ccc([N+](=O)[O-])cc2)C2=C(C(=O)CC(C)(C)C2)[C@H]1c1cccnc1. The van der Waals surface area contributed by atoms with Gasteiger partial charge in [-0.05, 0) is 42.5 Å². The highest BCUT2D eigenvalue weighted by atomic mass is 16.6. The number of nitro benzene ring substituents is 1. The second-order valence-electron chi connectivity index (χ2n) is 9.15. The summed E-state index contributed by atoms with van der Waals surface area (Å²) in [5.41, 5.74) is 8.74. The van der Waals surface area contributed by atoms with E-state index in [-0.39, 0.29) is 34.9 Å². The summed E-state index contributed by atoms with van der Waals surface area (Å²) >= 11 is 0. The van der Waals surface area contributed by atoms with Gasteiger partial charge in [-0.2, -0.15) is 0 Å². The molecule has 0 fully saturated rings. The maximum absolute atomic E-state index is 13.6. The van der Waals surface area contributed by atoms with Gasteiger partial charge in [-0.3, -0.25) is 24.8 Å². The fourth-order valence-corrected chi connectivity index (χ4v) is 4.72. The number of ether oxygens (including phenoxy) is 1. The summed E-state index contributed by atoms with van der Waals surface area (Å²) in [6.07, 6.45) is 4.08. The number of aromatic nitrogens is 1. The normalized spacial score (nSPS) is 19.7. The van der Waals surface area contributed by atoms with Gasteiger partial charge in [0.1, 0.15) is 5.82 Å². The molecule has 0 spiro atoms. The molecule has 9 heteroatoms. The van der Waals surface area contributed by atoms with Gasteiger partial charge in [-0.1, -0.05) is 19.9 Å². The molecule has 0 saturated heterocycles. The quantitative estimate of drug-likeness (QED) is 0.401. The lowest BCUT2D eigenvalue weighted by atomic mass is 9.68. The van der Waals surface area contributed by atoms with E-state index >= 15 is 0 Å². The Morgan fingerprint density at radius 1 is 1.26 bits per heavy atom. The van der Waals surface area contributed by atoms with E-state index < -0.39 is 16.8 Å². The lowest BCUT2D eigenvalue weighted by Crippen LogP contribution is -2.43. The van der Waals surface area contributed by atoms with E-state index in [0.29, 0.717) is 35.4 Å². The number of carbonyl (C=O) groups excluding carboxylic acids is 2. The predicted octanol–water partition coefficient (Wildman–Crippen LogP) is 3.97. The zero-order valence-electron chi connectivity index (χ0n) is 19.3. The molecule has 0 radical (unpaired) electrons. The van der Waals surface area contributed by atoms with Gasteiger partial charge in [0, 0.05) is 47.9 Å². The highest BCUT2D eigenvalue weighted by molar-refractivity contribution is 6.05. The molecular formula is C25H26N4O5. The van der Waals surface area contributed by atoms with Crippen molar-refractivity contribution in [3.05, 3.63) is 87.1 Å². The summed E-state index contributed by atoms with van der Waals surface area (Å²) in [6, 6.07) is 9.42. The van der Waals surface area contributed by atoms with Crippen molar-refractivity contribution in [2.24, 2.45) is 11.1 Å². The fourth-order valence-electron chi connectivity index (χ4n) is 4.72. The number of nitro groups is 1. The summed E-state index contributed by atoms with van der Waals surface area (Å²) in [5.74, 6) is -1.29. The maximum atomic E-state index is 13.6. The van der Waals surface area contributed by atoms with Crippen LogP contribution < -0.4 is 10.6 Å². The minimum atomic E-state index is -0.722. The molecule has 0 unspecified atom stereocenters. The Balaban J connectivity index is 1.99. The number of nitrogens with zero attached hydrogens (tertiary/aromatic N) is 3. The van der Waals surface area contributed by atoms with Gasteiger partial charge in [0.25, 0.3) is 5.69 Å². The number of benzene rings is 1. The van der Waals surface area contributed by atoms with Crippen LogP contribution >= 0.6 is 0 Å². The van der Waals surface area contributed by atoms with E-state index in [0.717, 1.165) is 0 Å². The Morgan fingerprint density at radius 2 is 1.97 bits per heavy atom. The van der Waals surface area contributed by atoms with Crippen molar-refractivity contribution in [2.75, 3.05) is 11.5 Å². The van der Waals surface area contributed by atoms with Crippen LogP contribution in [0.15, 0.2) is 71.5 Å². The van der Waals surface area contributed by atoms with Crippen molar-refractivity contribution < 1.29 is 19.2 Å². The first-order chi connectivity index (χ1) is 16.1. The smallest absolute Gasteiger partial charge is 0.338 e. The molecule has 2 aliphatic rings. The molecule has 0 bridgehead atoms. The van der Waals surface area contributed by atoms with Crippen LogP contribution in [0.25, 0.3) is 0 Å². The zero-order chi connectivity index (χ0) is 24.6. The monoisotopic (exact) mass is 462 g/mol. The molecule has 1 aliphatic heterocycles. The Kier molecular flexibility index (Phi) is 5.95. The number of hydrogen-bond acceptors (Lipinski definition) is 8. The molecule has 0 amide bonds. The Hall–Kier alpha value is -4.01. The number of allylic oxidation sites excluding steroid dienone is 2. The Bertz CT molecular complexity index is 1220. The highest BCUT2D eigenvalue weighted by Crippen LogP contribution is 2.50. The molecule has 9 nitrogen and oxygen atoms in total. The number of nitrogens with two attached hydrogens (primary N) is 1.